The highest BCUT2D eigenvalue weighted by Gasteiger charge is 2.08. The lowest BCUT2D eigenvalue weighted by Gasteiger charge is -2.19. The highest BCUT2D eigenvalue weighted by Crippen LogP contribution is 2.14. The van der Waals surface area contributed by atoms with Gasteiger partial charge in [0.1, 0.15) is 11.6 Å². The molecule has 0 spiro atoms. The fourth-order valence-corrected chi connectivity index (χ4v) is 2.32. The van der Waals surface area contributed by atoms with Crippen LogP contribution in [0.25, 0.3) is 0 Å². The molecule has 0 aliphatic rings. The molecule has 0 amide bonds. The molecular formula is C17H23FN4. The van der Waals surface area contributed by atoms with Crippen molar-refractivity contribution in [2.45, 2.75) is 27.2 Å². The van der Waals surface area contributed by atoms with Crippen molar-refractivity contribution in [3.05, 3.63) is 47.4 Å². The average molecular weight is 302 g/mol. The van der Waals surface area contributed by atoms with Gasteiger partial charge in [0.05, 0.1) is 0 Å². The first kappa shape index (κ1) is 16.2. The van der Waals surface area contributed by atoms with Crippen LogP contribution >= 0.6 is 0 Å². The largest absolute Gasteiger partial charge is 0.370 e. The van der Waals surface area contributed by atoms with Gasteiger partial charge in [-0.15, -0.1) is 0 Å². The highest BCUT2D eigenvalue weighted by atomic mass is 19.1. The summed E-state index contributed by atoms with van der Waals surface area (Å²) in [6.07, 6.45) is 0.621. The van der Waals surface area contributed by atoms with E-state index in [9.17, 15) is 4.39 Å². The summed E-state index contributed by atoms with van der Waals surface area (Å²) in [4.78, 5) is 11.1. The number of aromatic nitrogens is 2. The van der Waals surface area contributed by atoms with E-state index in [0.29, 0.717) is 18.5 Å². The van der Waals surface area contributed by atoms with Gasteiger partial charge in [-0.05, 0) is 38.8 Å². The monoisotopic (exact) mass is 302 g/mol. The van der Waals surface area contributed by atoms with Crippen LogP contribution in [0.1, 0.15) is 25.1 Å². The van der Waals surface area contributed by atoms with Crippen molar-refractivity contribution in [3.63, 3.8) is 0 Å². The van der Waals surface area contributed by atoms with Crippen LogP contribution in [0.2, 0.25) is 0 Å². The topological polar surface area (TPSA) is 41.1 Å². The molecule has 22 heavy (non-hydrogen) atoms. The molecule has 0 saturated heterocycles. The lowest BCUT2D eigenvalue weighted by molar-refractivity contribution is 0.610. The van der Waals surface area contributed by atoms with E-state index in [1.54, 1.807) is 6.07 Å². The maximum absolute atomic E-state index is 13.6. The first-order valence-corrected chi connectivity index (χ1v) is 7.72. The second-order valence-corrected chi connectivity index (χ2v) is 5.14. The van der Waals surface area contributed by atoms with Crippen molar-refractivity contribution >= 4 is 11.8 Å². The molecule has 4 nitrogen and oxygen atoms in total. The first-order valence-electron chi connectivity index (χ1n) is 7.72. The first-order chi connectivity index (χ1) is 10.6. The van der Waals surface area contributed by atoms with Crippen molar-refractivity contribution in [1.29, 1.82) is 0 Å². The summed E-state index contributed by atoms with van der Waals surface area (Å²) in [6, 6.07) is 8.77. The highest BCUT2D eigenvalue weighted by molar-refractivity contribution is 5.43. The van der Waals surface area contributed by atoms with Gasteiger partial charge in [0.15, 0.2) is 0 Å². The zero-order valence-electron chi connectivity index (χ0n) is 13.4. The number of benzene rings is 1. The molecule has 0 unspecified atom stereocenters. The van der Waals surface area contributed by atoms with E-state index in [0.717, 1.165) is 30.5 Å². The van der Waals surface area contributed by atoms with Crippen LogP contribution in [0.5, 0.6) is 0 Å². The Hall–Kier alpha value is -2.17. The van der Waals surface area contributed by atoms with Crippen molar-refractivity contribution in [2.75, 3.05) is 29.9 Å². The standard InChI is InChI=1S/C17H23FN4/c1-4-22(5-2)17-20-13(3)12-16(21-17)19-11-10-14-8-6-7-9-15(14)18/h6-9,12H,4-5,10-11H2,1-3H3,(H,19,20,21). The molecule has 0 saturated carbocycles. The lowest BCUT2D eigenvalue weighted by Crippen LogP contribution is -2.25. The summed E-state index contributed by atoms with van der Waals surface area (Å²) in [5.41, 5.74) is 1.63. The van der Waals surface area contributed by atoms with Crippen LogP contribution in [0.3, 0.4) is 0 Å². The Morgan fingerprint density at radius 1 is 1.14 bits per heavy atom. The Kier molecular flexibility index (Phi) is 5.69. The second-order valence-electron chi connectivity index (χ2n) is 5.14. The fraction of sp³-hybridized carbons (Fsp3) is 0.412. The van der Waals surface area contributed by atoms with E-state index in [4.69, 9.17) is 0 Å². The molecule has 0 aliphatic heterocycles. The summed E-state index contributed by atoms with van der Waals surface area (Å²) < 4.78 is 13.6. The van der Waals surface area contributed by atoms with Crippen LogP contribution < -0.4 is 10.2 Å². The number of rotatable bonds is 7. The SMILES string of the molecule is CCN(CC)c1nc(C)cc(NCCc2ccccc2F)n1. The van der Waals surface area contributed by atoms with Gasteiger partial charge in [-0.2, -0.15) is 4.98 Å². The Bertz CT molecular complexity index is 611. The minimum absolute atomic E-state index is 0.160. The molecule has 1 heterocycles. The molecule has 0 atom stereocenters. The number of hydrogen-bond acceptors (Lipinski definition) is 4. The zero-order valence-corrected chi connectivity index (χ0v) is 13.4. The Morgan fingerprint density at radius 3 is 2.55 bits per heavy atom. The Morgan fingerprint density at radius 2 is 1.86 bits per heavy atom. The predicted molar refractivity (Wildman–Crippen MR) is 88.9 cm³/mol. The van der Waals surface area contributed by atoms with Crippen molar-refractivity contribution < 1.29 is 4.39 Å². The van der Waals surface area contributed by atoms with Crippen LogP contribution in [-0.2, 0) is 6.42 Å². The van der Waals surface area contributed by atoms with Crippen LogP contribution in [0.15, 0.2) is 30.3 Å². The predicted octanol–water partition coefficient (Wildman–Crippen LogP) is 3.42. The average Bonchev–Trinajstić information content (AvgIpc) is 2.50. The molecule has 0 aliphatic carbocycles. The molecular weight excluding hydrogens is 279 g/mol. The Balaban J connectivity index is 2.02. The number of anilines is 2. The van der Waals surface area contributed by atoms with Gasteiger partial charge in [0.2, 0.25) is 5.95 Å². The third-order valence-electron chi connectivity index (χ3n) is 3.55. The molecule has 1 N–H and O–H groups in total. The normalized spacial score (nSPS) is 10.5. The van der Waals surface area contributed by atoms with Gasteiger partial charge >= 0.3 is 0 Å². The van der Waals surface area contributed by atoms with E-state index in [2.05, 4.69) is 34.0 Å². The summed E-state index contributed by atoms with van der Waals surface area (Å²) in [5.74, 6) is 1.36. The zero-order chi connectivity index (χ0) is 15.9. The summed E-state index contributed by atoms with van der Waals surface area (Å²) in [7, 11) is 0. The summed E-state index contributed by atoms with van der Waals surface area (Å²) >= 11 is 0. The van der Waals surface area contributed by atoms with Gasteiger partial charge in [-0.25, -0.2) is 9.37 Å². The molecule has 0 bridgehead atoms. The molecule has 118 valence electrons. The minimum atomic E-state index is -0.160. The third-order valence-corrected chi connectivity index (χ3v) is 3.55. The summed E-state index contributed by atoms with van der Waals surface area (Å²) in [5, 5.41) is 3.26. The van der Waals surface area contributed by atoms with Gasteiger partial charge < -0.3 is 10.2 Å². The number of hydrogen-bond donors (Lipinski definition) is 1. The molecule has 1 aromatic heterocycles. The van der Waals surface area contributed by atoms with Gasteiger partial charge in [-0.1, -0.05) is 18.2 Å². The molecule has 2 aromatic rings. The number of aryl methyl sites for hydroxylation is 1. The van der Waals surface area contributed by atoms with Crippen molar-refractivity contribution in [2.24, 2.45) is 0 Å². The van der Waals surface area contributed by atoms with Crippen molar-refractivity contribution in [1.82, 2.24) is 9.97 Å². The number of nitrogens with one attached hydrogen (secondary N) is 1. The Labute approximate surface area is 131 Å². The van der Waals surface area contributed by atoms with E-state index in [-0.39, 0.29) is 5.82 Å². The smallest absolute Gasteiger partial charge is 0.227 e. The quantitative estimate of drug-likeness (QED) is 0.851. The van der Waals surface area contributed by atoms with E-state index >= 15 is 0 Å². The summed E-state index contributed by atoms with van der Waals surface area (Å²) in [6.45, 7) is 8.50. The maximum atomic E-state index is 13.6. The second kappa shape index (κ2) is 7.73. The number of halogens is 1. The van der Waals surface area contributed by atoms with E-state index < -0.39 is 0 Å². The molecule has 0 radical (unpaired) electrons. The van der Waals surface area contributed by atoms with E-state index in [1.165, 1.54) is 6.07 Å². The molecule has 2 rings (SSSR count). The molecule has 1 aromatic carbocycles. The van der Waals surface area contributed by atoms with Crippen LogP contribution in [0.4, 0.5) is 16.2 Å². The van der Waals surface area contributed by atoms with Crippen molar-refractivity contribution in [3.8, 4) is 0 Å². The van der Waals surface area contributed by atoms with Gasteiger partial charge in [0.25, 0.3) is 0 Å². The lowest BCUT2D eigenvalue weighted by atomic mass is 10.1. The van der Waals surface area contributed by atoms with E-state index in [1.807, 2.05) is 25.1 Å². The van der Waals surface area contributed by atoms with Gasteiger partial charge in [0, 0.05) is 31.4 Å². The minimum Gasteiger partial charge on any atom is -0.370 e. The fourth-order valence-electron chi connectivity index (χ4n) is 2.32. The maximum Gasteiger partial charge on any atom is 0.227 e. The molecule has 5 heteroatoms. The molecule has 0 fully saturated rings. The van der Waals surface area contributed by atoms with Gasteiger partial charge in [-0.3, -0.25) is 0 Å². The van der Waals surface area contributed by atoms with Crippen LogP contribution in [0, 0.1) is 12.7 Å². The number of nitrogens with zero attached hydrogens (tertiary/aromatic N) is 3. The van der Waals surface area contributed by atoms with Crippen LogP contribution in [-0.4, -0.2) is 29.6 Å². The third kappa shape index (κ3) is 4.16.